The molecule has 0 saturated carbocycles. The smallest absolute Gasteiger partial charge is 0.422 e. The van der Waals surface area contributed by atoms with Crippen molar-refractivity contribution in [2.75, 3.05) is 27.4 Å². The second kappa shape index (κ2) is 10.3. The van der Waals surface area contributed by atoms with E-state index >= 15 is 0 Å². The average Bonchev–Trinajstić information content (AvgIpc) is 3.10. The van der Waals surface area contributed by atoms with Gasteiger partial charge in [-0.1, -0.05) is 6.92 Å². The van der Waals surface area contributed by atoms with E-state index < -0.39 is 30.1 Å². The summed E-state index contributed by atoms with van der Waals surface area (Å²) in [5.74, 6) is -0.292. The van der Waals surface area contributed by atoms with Gasteiger partial charge in [-0.3, -0.25) is 4.79 Å². The molecule has 0 radical (unpaired) electrons. The van der Waals surface area contributed by atoms with E-state index in [0.717, 1.165) is 0 Å². The van der Waals surface area contributed by atoms with Gasteiger partial charge in [-0.2, -0.15) is 13.2 Å². The number of aromatic nitrogens is 2. The number of carbonyl (C=O) groups is 1. The summed E-state index contributed by atoms with van der Waals surface area (Å²) in [6, 6.07) is 6.78. The topological polar surface area (TPSA) is 80.9 Å². The highest BCUT2D eigenvalue weighted by Gasteiger charge is 2.33. The molecule has 2 aromatic heterocycles. The van der Waals surface area contributed by atoms with Crippen molar-refractivity contribution in [3.05, 3.63) is 51.6 Å². The largest absolute Gasteiger partial charge is 0.497 e. The van der Waals surface area contributed by atoms with Crippen LogP contribution < -0.4 is 19.8 Å². The maximum atomic E-state index is 13.7. The number of alkyl halides is 3. The van der Waals surface area contributed by atoms with Gasteiger partial charge in [0.2, 0.25) is 0 Å². The predicted octanol–water partition coefficient (Wildman–Crippen LogP) is 4.09. The van der Waals surface area contributed by atoms with Crippen molar-refractivity contribution in [1.29, 1.82) is 0 Å². The van der Waals surface area contributed by atoms with E-state index in [0.29, 0.717) is 29.2 Å². The molecule has 35 heavy (non-hydrogen) atoms. The number of esters is 1. The first-order valence-corrected chi connectivity index (χ1v) is 10.9. The highest BCUT2D eigenvalue weighted by Crippen LogP contribution is 2.34. The number of carbonyl (C=O) groups excluding carboxylic acids is 1. The number of nitrogens with zero attached hydrogens (tertiary/aromatic N) is 2. The molecule has 0 spiro atoms. The van der Waals surface area contributed by atoms with Gasteiger partial charge in [0.15, 0.2) is 18.1 Å². The Bertz CT molecular complexity index is 1290. The fourth-order valence-electron chi connectivity index (χ4n) is 3.92. The number of halogens is 3. The zero-order chi connectivity index (χ0) is 25.9. The molecule has 0 saturated heterocycles. The summed E-state index contributed by atoms with van der Waals surface area (Å²) in [7, 11) is 4.47. The molecule has 0 amide bonds. The summed E-state index contributed by atoms with van der Waals surface area (Å²) in [5, 5.41) is -0.140. The van der Waals surface area contributed by atoms with Crippen molar-refractivity contribution in [3.8, 4) is 17.2 Å². The van der Waals surface area contributed by atoms with Gasteiger partial charge >= 0.3 is 12.1 Å². The Morgan fingerprint density at radius 1 is 1.09 bits per heavy atom. The second-order valence-corrected chi connectivity index (χ2v) is 7.68. The number of aryl methyl sites for hydroxylation is 2. The van der Waals surface area contributed by atoms with Crippen LogP contribution in [0.3, 0.4) is 0 Å². The fourth-order valence-corrected chi connectivity index (χ4v) is 3.92. The van der Waals surface area contributed by atoms with Gasteiger partial charge in [0.1, 0.15) is 16.9 Å². The Kier molecular flexibility index (Phi) is 7.67. The van der Waals surface area contributed by atoms with Gasteiger partial charge < -0.3 is 28.1 Å². The molecule has 0 aliphatic carbocycles. The summed E-state index contributed by atoms with van der Waals surface area (Å²) in [4.78, 5) is 26.4. The maximum Gasteiger partial charge on any atom is 0.422 e. The first-order valence-electron chi connectivity index (χ1n) is 10.9. The summed E-state index contributed by atoms with van der Waals surface area (Å²) in [6.07, 6.45) is -4.24. The third-order valence-corrected chi connectivity index (χ3v) is 5.53. The molecular formula is C24H27F3N2O6. The van der Waals surface area contributed by atoms with Crippen LogP contribution in [0.15, 0.2) is 29.1 Å². The van der Waals surface area contributed by atoms with Gasteiger partial charge in [-0.15, -0.1) is 0 Å². The molecule has 0 bridgehead atoms. The van der Waals surface area contributed by atoms with E-state index in [2.05, 4.69) is 0 Å². The minimum atomic E-state index is -4.68. The lowest BCUT2D eigenvalue weighted by Gasteiger charge is -2.16. The summed E-state index contributed by atoms with van der Waals surface area (Å²) in [6.45, 7) is 1.80. The lowest BCUT2D eigenvalue weighted by atomic mass is 10.1. The number of rotatable bonds is 9. The quantitative estimate of drug-likeness (QED) is 0.415. The molecule has 0 N–H and O–H groups in total. The Labute approximate surface area is 199 Å². The molecular weight excluding hydrogens is 469 g/mol. The van der Waals surface area contributed by atoms with Crippen molar-refractivity contribution in [3.63, 3.8) is 0 Å². The third kappa shape index (κ3) is 5.23. The molecule has 0 fully saturated rings. The number of pyridine rings is 1. The van der Waals surface area contributed by atoms with Crippen LogP contribution in [0.1, 0.15) is 35.6 Å². The van der Waals surface area contributed by atoms with Crippen LogP contribution in [0.5, 0.6) is 17.2 Å². The summed E-state index contributed by atoms with van der Waals surface area (Å²) >= 11 is 0. The highest BCUT2D eigenvalue weighted by molar-refractivity contribution is 6.01. The Morgan fingerprint density at radius 2 is 1.80 bits per heavy atom. The SMILES string of the molecule is CCOC(=O)c1c(OCC(F)(F)F)c2c(=O)n(Cc3cc(OC)ccc3OC)c(CC)cc2n1C. The molecule has 2 heterocycles. The second-order valence-electron chi connectivity index (χ2n) is 7.68. The first kappa shape index (κ1) is 26.0. The van der Waals surface area contributed by atoms with Crippen LogP contribution >= 0.6 is 0 Å². The molecule has 190 valence electrons. The van der Waals surface area contributed by atoms with Crippen molar-refractivity contribution in [1.82, 2.24) is 9.13 Å². The van der Waals surface area contributed by atoms with Crippen LogP contribution in [-0.4, -0.2) is 48.7 Å². The summed E-state index contributed by atoms with van der Waals surface area (Å²) in [5.41, 5.74) is 0.628. The predicted molar refractivity (Wildman–Crippen MR) is 123 cm³/mol. The number of methoxy groups -OCH3 is 2. The van der Waals surface area contributed by atoms with Crippen molar-refractivity contribution in [2.24, 2.45) is 7.05 Å². The molecule has 3 aromatic rings. The Morgan fingerprint density at radius 3 is 2.37 bits per heavy atom. The normalized spacial score (nSPS) is 11.5. The molecule has 0 aliphatic rings. The standard InChI is InChI=1S/C24H27F3N2O6/c1-6-15-11-17-19(21(35-13-24(25,26)27)20(28(17)3)23(31)34-7-2)22(30)29(15)12-14-10-16(32-4)8-9-18(14)33-5/h8-11H,6-7,12-13H2,1-5H3. The van der Waals surface area contributed by atoms with Crippen LogP contribution in [0.2, 0.25) is 0 Å². The molecule has 3 rings (SSSR count). The van der Waals surface area contributed by atoms with E-state index in [4.69, 9.17) is 18.9 Å². The molecule has 0 unspecified atom stereocenters. The zero-order valence-corrected chi connectivity index (χ0v) is 20.1. The molecule has 1 aromatic carbocycles. The van der Waals surface area contributed by atoms with Crippen LogP contribution in [0, 0.1) is 0 Å². The van der Waals surface area contributed by atoms with Crippen molar-refractivity contribution < 1.29 is 36.9 Å². The van der Waals surface area contributed by atoms with Gasteiger partial charge in [0.25, 0.3) is 5.56 Å². The number of ether oxygens (including phenoxy) is 4. The van der Waals surface area contributed by atoms with Gasteiger partial charge in [-0.05, 0) is 37.6 Å². The molecule has 8 nitrogen and oxygen atoms in total. The number of fused-ring (bicyclic) bond motifs is 1. The van der Waals surface area contributed by atoms with Crippen molar-refractivity contribution in [2.45, 2.75) is 33.0 Å². The number of hydrogen-bond donors (Lipinski definition) is 0. The fraction of sp³-hybridized carbons (Fsp3) is 0.417. The van der Waals surface area contributed by atoms with E-state index in [1.807, 2.05) is 6.92 Å². The number of benzene rings is 1. The average molecular weight is 496 g/mol. The van der Waals surface area contributed by atoms with Crippen LogP contribution in [0.25, 0.3) is 10.9 Å². The Balaban J connectivity index is 2.29. The summed E-state index contributed by atoms with van der Waals surface area (Å²) < 4.78 is 62.6. The molecule has 0 aliphatic heterocycles. The highest BCUT2D eigenvalue weighted by atomic mass is 19.4. The van der Waals surface area contributed by atoms with Crippen LogP contribution in [0.4, 0.5) is 13.2 Å². The zero-order valence-electron chi connectivity index (χ0n) is 20.1. The third-order valence-electron chi connectivity index (χ3n) is 5.53. The minimum absolute atomic E-state index is 0.000847. The van der Waals surface area contributed by atoms with E-state index in [1.54, 1.807) is 31.2 Å². The monoisotopic (exact) mass is 496 g/mol. The van der Waals surface area contributed by atoms with Gasteiger partial charge in [0, 0.05) is 18.3 Å². The lowest BCUT2D eigenvalue weighted by molar-refractivity contribution is -0.153. The van der Waals surface area contributed by atoms with E-state index in [1.165, 1.54) is 30.4 Å². The van der Waals surface area contributed by atoms with E-state index in [9.17, 15) is 22.8 Å². The van der Waals surface area contributed by atoms with Gasteiger partial charge in [0.05, 0.1) is 32.9 Å². The minimum Gasteiger partial charge on any atom is -0.497 e. The maximum absolute atomic E-state index is 13.7. The first-order chi connectivity index (χ1) is 16.6. The Hall–Kier alpha value is -3.63. The lowest BCUT2D eigenvalue weighted by Crippen LogP contribution is -2.25. The molecule has 11 heteroatoms. The molecule has 0 atom stereocenters. The van der Waals surface area contributed by atoms with E-state index in [-0.39, 0.29) is 29.7 Å². The number of hydrogen-bond acceptors (Lipinski definition) is 6. The van der Waals surface area contributed by atoms with Gasteiger partial charge in [-0.25, -0.2) is 4.79 Å². The van der Waals surface area contributed by atoms with Crippen molar-refractivity contribution >= 4 is 16.9 Å². The van der Waals surface area contributed by atoms with Crippen LogP contribution in [-0.2, 0) is 24.8 Å².